The van der Waals surface area contributed by atoms with Gasteiger partial charge in [0.05, 0.1) is 5.69 Å². The van der Waals surface area contributed by atoms with E-state index < -0.39 is 6.09 Å². The number of amides is 1. The van der Waals surface area contributed by atoms with Crippen LogP contribution in [0.25, 0.3) is 0 Å². The normalized spacial score (nSPS) is 12.4. The topological polar surface area (TPSA) is 81.0 Å². The minimum absolute atomic E-state index is 0.315. The number of hydrogen-bond donors (Lipinski definition) is 2. The summed E-state index contributed by atoms with van der Waals surface area (Å²) in [6.07, 6.45) is 1.19. The van der Waals surface area contributed by atoms with E-state index in [4.69, 9.17) is 10.5 Å². The Morgan fingerprint density at radius 3 is 3.08 bits per heavy atom. The molecule has 0 aliphatic carbocycles. The molecule has 1 unspecified atom stereocenters. The van der Waals surface area contributed by atoms with Gasteiger partial charge in [-0.1, -0.05) is 6.92 Å². The third-order valence-corrected chi connectivity index (χ3v) is 1.50. The molecule has 1 atom stereocenters. The van der Waals surface area contributed by atoms with Gasteiger partial charge >= 0.3 is 6.09 Å². The molecule has 66 valence electrons. The van der Waals surface area contributed by atoms with Gasteiger partial charge in [-0.2, -0.15) is 5.10 Å². The molecule has 1 amide bonds. The van der Waals surface area contributed by atoms with Crippen molar-refractivity contribution in [3.63, 3.8) is 0 Å². The Hall–Kier alpha value is -1.52. The predicted molar refractivity (Wildman–Crippen MR) is 42.3 cm³/mol. The predicted octanol–water partition coefficient (Wildman–Crippen LogP) is 0.956. The smallest absolute Gasteiger partial charge is 0.405 e. The molecule has 0 aliphatic heterocycles. The van der Waals surface area contributed by atoms with Gasteiger partial charge < -0.3 is 10.5 Å². The summed E-state index contributed by atoms with van der Waals surface area (Å²) in [6.45, 7) is 1.90. The first kappa shape index (κ1) is 8.58. The van der Waals surface area contributed by atoms with Crippen molar-refractivity contribution in [2.45, 2.75) is 19.4 Å². The van der Waals surface area contributed by atoms with Crippen molar-refractivity contribution in [2.75, 3.05) is 0 Å². The van der Waals surface area contributed by atoms with Crippen LogP contribution in [0.2, 0.25) is 0 Å². The number of carbonyl (C=O) groups is 1. The quantitative estimate of drug-likeness (QED) is 0.706. The van der Waals surface area contributed by atoms with Crippen LogP contribution in [0.5, 0.6) is 0 Å². The van der Waals surface area contributed by atoms with Crippen LogP contribution in [0.4, 0.5) is 4.79 Å². The highest BCUT2D eigenvalue weighted by atomic mass is 16.6. The van der Waals surface area contributed by atoms with Crippen LogP contribution in [0, 0.1) is 0 Å². The molecule has 1 aromatic heterocycles. The van der Waals surface area contributed by atoms with Crippen molar-refractivity contribution in [3.8, 4) is 0 Å². The molecule has 1 heterocycles. The molecule has 0 radical (unpaired) electrons. The second-order valence-corrected chi connectivity index (χ2v) is 2.35. The van der Waals surface area contributed by atoms with Crippen LogP contribution in [0.3, 0.4) is 0 Å². The van der Waals surface area contributed by atoms with Gasteiger partial charge in [0.1, 0.15) is 6.10 Å². The van der Waals surface area contributed by atoms with Gasteiger partial charge in [-0.15, -0.1) is 0 Å². The molecule has 1 aromatic rings. The van der Waals surface area contributed by atoms with E-state index in [9.17, 15) is 4.79 Å². The zero-order valence-corrected chi connectivity index (χ0v) is 6.78. The zero-order valence-electron chi connectivity index (χ0n) is 6.78. The van der Waals surface area contributed by atoms with E-state index in [0.29, 0.717) is 6.42 Å². The molecule has 0 bridgehead atoms. The first-order chi connectivity index (χ1) is 5.74. The van der Waals surface area contributed by atoms with Gasteiger partial charge in [-0.25, -0.2) is 4.79 Å². The largest absolute Gasteiger partial charge is 0.440 e. The Balaban J connectivity index is 2.63. The Morgan fingerprint density at radius 2 is 2.67 bits per heavy atom. The van der Waals surface area contributed by atoms with Crippen molar-refractivity contribution in [1.29, 1.82) is 0 Å². The lowest BCUT2D eigenvalue weighted by Crippen LogP contribution is -2.17. The summed E-state index contributed by atoms with van der Waals surface area (Å²) < 4.78 is 4.81. The molecule has 0 aromatic carbocycles. The van der Waals surface area contributed by atoms with Crippen LogP contribution in [-0.4, -0.2) is 16.3 Å². The number of rotatable bonds is 3. The highest BCUT2D eigenvalue weighted by Crippen LogP contribution is 2.17. The second kappa shape index (κ2) is 3.75. The summed E-state index contributed by atoms with van der Waals surface area (Å²) in [7, 11) is 0. The number of hydrogen-bond acceptors (Lipinski definition) is 3. The lowest BCUT2D eigenvalue weighted by Gasteiger charge is -2.11. The van der Waals surface area contributed by atoms with E-state index in [-0.39, 0.29) is 6.10 Å². The lowest BCUT2D eigenvalue weighted by molar-refractivity contribution is 0.102. The molecule has 1 rings (SSSR count). The number of ether oxygens (including phenoxy) is 1. The number of nitrogens with one attached hydrogen (secondary N) is 1. The standard InChI is InChI=1S/C7H11N3O2/c1-2-6(12-7(8)11)5-3-4-9-10-5/h3-4,6H,2H2,1H3,(H2,8,11)(H,9,10). The Morgan fingerprint density at radius 1 is 1.92 bits per heavy atom. The van der Waals surface area contributed by atoms with Gasteiger partial charge in [0.2, 0.25) is 0 Å². The van der Waals surface area contributed by atoms with Crippen LogP contribution >= 0.6 is 0 Å². The van der Waals surface area contributed by atoms with Crippen molar-refractivity contribution < 1.29 is 9.53 Å². The fraction of sp³-hybridized carbons (Fsp3) is 0.429. The maximum atomic E-state index is 10.4. The van der Waals surface area contributed by atoms with Crippen molar-refractivity contribution in [1.82, 2.24) is 10.2 Å². The third-order valence-electron chi connectivity index (χ3n) is 1.50. The minimum atomic E-state index is -0.767. The van der Waals surface area contributed by atoms with Gasteiger partial charge in [-0.3, -0.25) is 5.10 Å². The number of nitrogens with two attached hydrogens (primary N) is 1. The van der Waals surface area contributed by atoms with Crippen LogP contribution < -0.4 is 5.73 Å². The van der Waals surface area contributed by atoms with Gasteiger partial charge in [0, 0.05) is 6.20 Å². The Kier molecular flexibility index (Phi) is 2.68. The molecule has 0 saturated carbocycles. The SMILES string of the molecule is CCC(OC(N)=O)c1ccn[nH]1. The Bertz CT molecular complexity index is 245. The maximum Gasteiger partial charge on any atom is 0.405 e. The summed E-state index contributed by atoms with van der Waals surface area (Å²) >= 11 is 0. The number of primary amides is 1. The lowest BCUT2D eigenvalue weighted by atomic mass is 10.2. The van der Waals surface area contributed by atoms with Crippen molar-refractivity contribution >= 4 is 6.09 Å². The van der Waals surface area contributed by atoms with Gasteiger partial charge in [0.25, 0.3) is 0 Å². The van der Waals surface area contributed by atoms with E-state index in [1.54, 1.807) is 12.3 Å². The summed E-state index contributed by atoms with van der Waals surface area (Å²) in [5.74, 6) is 0. The van der Waals surface area contributed by atoms with Crippen LogP contribution in [0.1, 0.15) is 25.1 Å². The monoisotopic (exact) mass is 169 g/mol. The highest BCUT2D eigenvalue weighted by molar-refractivity contribution is 5.64. The molecule has 0 saturated heterocycles. The summed E-state index contributed by atoms with van der Waals surface area (Å²) in [5.41, 5.74) is 5.64. The molecule has 0 aliphatic rings. The van der Waals surface area contributed by atoms with E-state index in [0.717, 1.165) is 5.69 Å². The number of aromatic amines is 1. The fourth-order valence-corrected chi connectivity index (χ4v) is 0.953. The van der Waals surface area contributed by atoms with E-state index in [1.165, 1.54) is 0 Å². The van der Waals surface area contributed by atoms with E-state index in [2.05, 4.69) is 10.2 Å². The average Bonchev–Trinajstić information content (AvgIpc) is 2.51. The third kappa shape index (κ3) is 1.98. The molecular weight excluding hydrogens is 158 g/mol. The highest BCUT2D eigenvalue weighted by Gasteiger charge is 2.13. The summed E-state index contributed by atoms with van der Waals surface area (Å²) in [5, 5.41) is 6.45. The van der Waals surface area contributed by atoms with Crippen LogP contribution in [-0.2, 0) is 4.74 Å². The van der Waals surface area contributed by atoms with Gasteiger partial charge in [0.15, 0.2) is 0 Å². The first-order valence-electron chi connectivity index (χ1n) is 3.69. The number of carbonyl (C=O) groups excluding carboxylic acids is 1. The van der Waals surface area contributed by atoms with Gasteiger partial charge in [-0.05, 0) is 12.5 Å². The van der Waals surface area contributed by atoms with Crippen molar-refractivity contribution in [3.05, 3.63) is 18.0 Å². The molecule has 0 spiro atoms. The van der Waals surface area contributed by atoms with E-state index in [1.807, 2.05) is 6.92 Å². The molecule has 5 nitrogen and oxygen atoms in total. The maximum absolute atomic E-state index is 10.4. The number of nitrogens with zero attached hydrogens (tertiary/aromatic N) is 1. The molecule has 5 heteroatoms. The summed E-state index contributed by atoms with van der Waals surface area (Å²) in [6, 6.07) is 1.75. The summed E-state index contributed by atoms with van der Waals surface area (Å²) in [4.78, 5) is 10.4. The molecular formula is C7H11N3O2. The number of H-pyrrole nitrogens is 1. The number of aromatic nitrogens is 2. The fourth-order valence-electron chi connectivity index (χ4n) is 0.953. The second-order valence-electron chi connectivity index (χ2n) is 2.35. The molecule has 0 fully saturated rings. The molecule has 12 heavy (non-hydrogen) atoms. The first-order valence-corrected chi connectivity index (χ1v) is 3.69. The molecule has 3 N–H and O–H groups in total. The van der Waals surface area contributed by atoms with Crippen molar-refractivity contribution in [2.24, 2.45) is 5.73 Å². The van der Waals surface area contributed by atoms with Crippen LogP contribution in [0.15, 0.2) is 12.3 Å². The zero-order chi connectivity index (χ0) is 8.97. The Labute approximate surface area is 69.9 Å². The van der Waals surface area contributed by atoms with E-state index >= 15 is 0 Å². The average molecular weight is 169 g/mol. The minimum Gasteiger partial charge on any atom is -0.440 e.